The predicted molar refractivity (Wildman–Crippen MR) is 46.6 cm³/mol. The maximum atomic E-state index is 10.5. The van der Waals surface area contributed by atoms with Crippen LogP contribution in [0.4, 0.5) is 0 Å². The zero-order valence-electron chi connectivity index (χ0n) is 6.89. The molecule has 0 aliphatic carbocycles. The Morgan fingerprint density at radius 2 is 2.08 bits per heavy atom. The standard InChI is InChI=1S/C7H9NO4S/c1-5-2-3-7(6(9)4-5)12-13(8,10)11/h2-4,9H,1H3,(H2,8,10,11). The number of benzene rings is 1. The summed E-state index contributed by atoms with van der Waals surface area (Å²) in [5, 5.41) is 13.8. The van der Waals surface area contributed by atoms with Gasteiger partial charge in [0.2, 0.25) is 0 Å². The van der Waals surface area contributed by atoms with E-state index in [2.05, 4.69) is 9.32 Å². The molecule has 1 aromatic carbocycles. The lowest BCUT2D eigenvalue weighted by Gasteiger charge is -2.04. The molecule has 13 heavy (non-hydrogen) atoms. The molecule has 0 saturated heterocycles. The molecular weight excluding hydrogens is 194 g/mol. The van der Waals surface area contributed by atoms with Gasteiger partial charge in [-0.05, 0) is 24.6 Å². The summed E-state index contributed by atoms with van der Waals surface area (Å²) in [5.74, 6) is -0.429. The van der Waals surface area contributed by atoms with Crippen molar-refractivity contribution in [2.75, 3.05) is 0 Å². The lowest BCUT2D eigenvalue weighted by Crippen LogP contribution is -2.18. The van der Waals surface area contributed by atoms with Crippen LogP contribution in [0.5, 0.6) is 11.5 Å². The fourth-order valence-corrected chi connectivity index (χ4v) is 1.21. The molecule has 0 fully saturated rings. The number of aryl methyl sites for hydroxylation is 1. The number of nitrogens with two attached hydrogens (primary N) is 1. The molecule has 0 bridgehead atoms. The van der Waals surface area contributed by atoms with Gasteiger partial charge in [0.1, 0.15) is 0 Å². The van der Waals surface area contributed by atoms with E-state index in [9.17, 15) is 13.5 Å². The van der Waals surface area contributed by atoms with Crippen molar-refractivity contribution in [2.45, 2.75) is 6.92 Å². The van der Waals surface area contributed by atoms with Crippen molar-refractivity contribution < 1.29 is 17.7 Å². The maximum Gasteiger partial charge on any atom is 0.380 e. The van der Waals surface area contributed by atoms with Crippen molar-refractivity contribution in [1.82, 2.24) is 0 Å². The topological polar surface area (TPSA) is 89.6 Å². The Balaban J connectivity index is 3.04. The quantitative estimate of drug-likeness (QED) is 0.722. The molecule has 0 unspecified atom stereocenters. The van der Waals surface area contributed by atoms with E-state index in [0.717, 1.165) is 5.56 Å². The summed E-state index contributed by atoms with van der Waals surface area (Å²) in [7, 11) is -4.07. The van der Waals surface area contributed by atoms with Crippen LogP contribution in [0.25, 0.3) is 0 Å². The van der Waals surface area contributed by atoms with E-state index in [1.165, 1.54) is 12.1 Å². The lowest BCUT2D eigenvalue weighted by molar-refractivity contribution is 0.428. The monoisotopic (exact) mass is 203 g/mol. The molecule has 72 valence electrons. The van der Waals surface area contributed by atoms with E-state index in [1.807, 2.05) is 0 Å². The second-order valence-electron chi connectivity index (χ2n) is 2.55. The van der Waals surface area contributed by atoms with Gasteiger partial charge in [-0.25, -0.2) is 0 Å². The third-order valence-corrected chi connectivity index (χ3v) is 1.73. The van der Waals surface area contributed by atoms with Gasteiger partial charge in [-0.3, -0.25) is 0 Å². The highest BCUT2D eigenvalue weighted by Crippen LogP contribution is 2.26. The highest BCUT2D eigenvalue weighted by molar-refractivity contribution is 7.84. The fourth-order valence-electron chi connectivity index (χ4n) is 0.823. The number of hydrogen-bond acceptors (Lipinski definition) is 4. The lowest BCUT2D eigenvalue weighted by atomic mass is 10.2. The van der Waals surface area contributed by atoms with E-state index < -0.39 is 10.3 Å². The van der Waals surface area contributed by atoms with E-state index in [1.54, 1.807) is 13.0 Å². The molecule has 0 heterocycles. The van der Waals surface area contributed by atoms with Crippen molar-refractivity contribution in [3.8, 4) is 11.5 Å². The van der Waals surface area contributed by atoms with Gasteiger partial charge in [0.25, 0.3) is 0 Å². The van der Waals surface area contributed by atoms with Crippen LogP contribution in [0.1, 0.15) is 5.56 Å². The SMILES string of the molecule is Cc1ccc(OS(N)(=O)=O)c(O)c1. The molecule has 0 spiro atoms. The van der Waals surface area contributed by atoms with Crippen LogP contribution in [-0.4, -0.2) is 13.5 Å². The Bertz CT molecular complexity index is 413. The van der Waals surface area contributed by atoms with Gasteiger partial charge in [0, 0.05) is 0 Å². The highest BCUT2D eigenvalue weighted by atomic mass is 32.2. The van der Waals surface area contributed by atoms with E-state index in [-0.39, 0.29) is 11.5 Å². The number of rotatable bonds is 2. The van der Waals surface area contributed by atoms with Gasteiger partial charge in [0.05, 0.1) is 0 Å². The minimum absolute atomic E-state index is 0.173. The zero-order chi connectivity index (χ0) is 10.1. The molecule has 1 aromatic rings. The van der Waals surface area contributed by atoms with Crippen molar-refractivity contribution in [3.63, 3.8) is 0 Å². The smallest absolute Gasteiger partial charge is 0.380 e. The summed E-state index contributed by atoms with van der Waals surface area (Å²) in [6.07, 6.45) is 0. The molecular formula is C7H9NO4S. The summed E-state index contributed by atoms with van der Waals surface area (Å²) in [5.41, 5.74) is 0.791. The first-order chi connectivity index (χ1) is 5.88. The summed E-state index contributed by atoms with van der Waals surface area (Å²) in [4.78, 5) is 0. The first-order valence-corrected chi connectivity index (χ1v) is 4.87. The fraction of sp³-hybridized carbons (Fsp3) is 0.143. The Hall–Kier alpha value is -1.27. The maximum absolute atomic E-state index is 10.5. The van der Waals surface area contributed by atoms with Gasteiger partial charge < -0.3 is 9.29 Å². The summed E-state index contributed by atoms with van der Waals surface area (Å²) >= 11 is 0. The predicted octanol–water partition coefficient (Wildman–Crippen LogP) is 0.283. The van der Waals surface area contributed by atoms with Crippen LogP contribution in [0.3, 0.4) is 0 Å². The molecule has 0 radical (unpaired) electrons. The summed E-state index contributed by atoms with van der Waals surface area (Å²) in [6, 6.07) is 4.30. The minimum atomic E-state index is -4.07. The first kappa shape index (κ1) is 9.82. The van der Waals surface area contributed by atoms with Crippen molar-refractivity contribution >= 4 is 10.3 Å². The molecule has 0 aliphatic heterocycles. The van der Waals surface area contributed by atoms with E-state index in [0.29, 0.717) is 0 Å². The van der Waals surface area contributed by atoms with Gasteiger partial charge in [0.15, 0.2) is 11.5 Å². The van der Waals surface area contributed by atoms with Crippen molar-refractivity contribution in [3.05, 3.63) is 23.8 Å². The zero-order valence-corrected chi connectivity index (χ0v) is 7.71. The summed E-state index contributed by atoms with van der Waals surface area (Å²) < 4.78 is 25.3. The average molecular weight is 203 g/mol. The largest absolute Gasteiger partial charge is 0.504 e. The second kappa shape index (κ2) is 3.23. The molecule has 0 aliphatic rings. The normalized spacial score (nSPS) is 11.2. The average Bonchev–Trinajstić information content (AvgIpc) is 1.93. The molecule has 0 aromatic heterocycles. The van der Waals surface area contributed by atoms with Gasteiger partial charge in [-0.15, -0.1) is 0 Å². The number of aromatic hydroxyl groups is 1. The van der Waals surface area contributed by atoms with Gasteiger partial charge in [-0.2, -0.15) is 13.6 Å². The molecule has 0 atom stereocenters. The van der Waals surface area contributed by atoms with Crippen molar-refractivity contribution in [2.24, 2.45) is 5.14 Å². The van der Waals surface area contributed by atoms with E-state index in [4.69, 9.17) is 0 Å². The third-order valence-electron chi connectivity index (χ3n) is 1.32. The van der Waals surface area contributed by atoms with Crippen LogP contribution in [0.2, 0.25) is 0 Å². The second-order valence-corrected chi connectivity index (χ2v) is 3.70. The molecule has 1 rings (SSSR count). The van der Waals surface area contributed by atoms with E-state index >= 15 is 0 Å². The Kier molecular flexibility index (Phi) is 2.44. The number of phenols is 1. The van der Waals surface area contributed by atoms with Crippen LogP contribution in [-0.2, 0) is 10.3 Å². The Labute approximate surface area is 76.0 Å². The van der Waals surface area contributed by atoms with Crippen LogP contribution in [0.15, 0.2) is 18.2 Å². The van der Waals surface area contributed by atoms with Gasteiger partial charge >= 0.3 is 10.3 Å². The van der Waals surface area contributed by atoms with Gasteiger partial charge in [-0.1, -0.05) is 6.07 Å². The number of phenolic OH excluding ortho intramolecular Hbond substituents is 1. The Morgan fingerprint density at radius 3 is 2.54 bits per heavy atom. The minimum Gasteiger partial charge on any atom is -0.504 e. The van der Waals surface area contributed by atoms with Crippen LogP contribution >= 0.6 is 0 Å². The molecule has 3 N–H and O–H groups in total. The molecule has 6 heteroatoms. The number of hydrogen-bond donors (Lipinski definition) is 2. The van der Waals surface area contributed by atoms with Crippen molar-refractivity contribution in [1.29, 1.82) is 0 Å². The molecule has 0 saturated carbocycles. The molecule has 0 amide bonds. The first-order valence-electron chi connectivity index (χ1n) is 3.40. The highest BCUT2D eigenvalue weighted by Gasteiger charge is 2.08. The van der Waals surface area contributed by atoms with Crippen LogP contribution < -0.4 is 9.32 Å². The van der Waals surface area contributed by atoms with Crippen LogP contribution in [0, 0.1) is 6.92 Å². The molecule has 5 nitrogen and oxygen atoms in total. The Morgan fingerprint density at radius 1 is 1.46 bits per heavy atom. The summed E-state index contributed by atoms with van der Waals surface area (Å²) in [6.45, 7) is 1.75. The third kappa shape index (κ3) is 2.92.